The first-order chi connectivity index (χ1) is 9.80. The molecule has 0 N–H and O–H groups in total. The first kappa shape index (κ1) is 16.3. The van der Waals surface area contributed by atoms with Crippen molar-refractivity contribution in [3.8, 4) is 0 Å². The number of nitrogens with zero attached hydrogens (tertiary/aromatic N) is 2. The molecule has 0 saturated carbocycles. The number of halogens is 1. The molecular formula is C15H22BClN2O2. The minimum absolute atomic E-state index is 0.357. The Kier molecular flexibility index (Phi) is 4.38. The molecule has 0 radical (unpaired) electrons. The number of hydrogen-bond acceptors (Lipinski definition) is 3. The predicted molar refractivity (Wildman–Crippen MR) is 87.3 cm³/mol. The molecular weight excluding hydrogens is 286 g/mol. The van der Waals surface area contributed by atoms with Crippen molar-refractivity contribution in [2.24, 2.45) is 0 Å². The van der Waals surface area contributed by atoms with Crippen molar-refractivity contribution in [3.05, 3.63) is 29.5 Å². The molecule has 0 atom stereocenters. The Morgan fingerprint density at radius 1 is 1.14 bits per heavy atom. The zero-order valence-electron chi connectivity index (χ0n) is 13.5. The van der Waals surface area contributed by atoms with Crippen molar-refractivity contribution in [1.82, 2.24) is 9.61 Å². The van der Waals surface area contributed by atoms with Crippen LogP contribution in [-0.4, -0.2) is 27.9 Å². The third-order valence-corrected chi connectivity index (χ3v) is 4.26. The second-order valence-corrected chi connectivity index (χ2v) is 6.30. The maximum Gasteiger partial charge on any atom is 0.498 e. The van der Waals surface area contributed by atoms with Gasteiger partial charge in [-0.2, -0.15) is 5.10 Å². The van der Waals surface area contributed by atoms with E-state index >= 15 is 0 Å². The van der Waals surface area contributed by atoms with E-state index in [4.69, 9.17) is 20.9 Å². The Labute approximate surface area is 131 Å². The van der Waals surface area contributed by atoms with Crippen molar-refractivity contribution in [1.29, 1.82) is 0 Å². The molecule has 1 aliphatic heterocycles. The summed E-state index contributed by atoms with van der Waals surface area (Å²) in [5, 5.41) is 4.97. The fourth-order valence-electron chi connectivity index (χ4n) is 2.13. The quantitative estimate of drug-likeness (QED) is 0.758. The van der Waals surface area contributed by atoms with Gasteiger partial charge in [0.1, 0.15) is 0 Å². The summed E-state index contributed by atoms with van der Waals surface area (Å²) in [5.41, 5.74) is 1.10. The molecule has 1 aliphatic rings. The Bertz CT molecular complexity index is 624. The van der Waals surface area contributed by atoms with Crippen molar-refractivity contribution >= 4 is 29.7 Å². The Morgan fingerprint density at radius 3 is 2.29 bits per heavy atom. The Hall–Kier alpha value is -1.04. The molecule has 1 saturated heterocycles. The van der Waals surface area contributed by atoms with Crippen LogP contribution in [0.2, 0.25) is 5.02 Å². The molecule has 0 spiro atoms. The van der Waals surface area contributed by atoms with Crippen LogP contribution >= 0.6 is 11.6 Å². The van der Waals surface area contributed by atoms with E-state index in [0.29, 0.717) is 5.02 Å². The molecule has 2 aromatic rings. The molecule has 0 unspecified atom stereocenters. The lowest BCUT2D eigenvalue weighted by molar-refractivity contribution is 0.00578. The maximum atomic E-state index is 6.04. The van der Waals surface area contributed by atoms with Crippen LogP contribution < -0.4 is 5.46 Å². The van der Waals surface area contributed by atoms with E-state index in [1.807, 2.05) is 53.8 Å². The minimum atomic E-state index is -0.416. The van der Waals surface area contributed by atoms with Crippen LogP contribution in [0.5, 0.6) is 0 Å². The first-order valence-corrected chi connectivity index (χ1v) is 7.66. The largest absolute Gasteiger partial charge is 0.498 e. The lowest BCUT2D eigenvalue weighted by Crippen LogP contribution is -2.41. The molecule has 0 bridgehead atoms. The van der Waals surface area contributed by atoms with Gasteiger partial charge in [0.05, 0.1) is 16.7 Å². The first-order valence-electron chi connectivity index (χ1n) is 7.29. The fourth-order valence-corrected chi connectivity index (χ4v) is 2.29. The number of pyridine rings is 1. The number of hydrogen-bond donors (Lipinski definition) is 0. The van der Waals surface area contributed by atoms with E-state index in [-0.39, 0.29) is 11.2 Å². The molecule has 0 amide bonds. The average molecular weight is 309 g/mol. The molecule has 4 nitrogen and oxygen atoms in total. The van der Waals surface area contributed by atoms with Gasteiger partial charge >= 0.3 is 7.12 Å². The summed E-state index contributed by atoms with van der Waals surface area (Å²) in [7, 11) is -0.416. The van der Waals surface area contributed by atoms with Gasteiger partial charge in [0, 0.05) is 22.9 Å². The summed E-state index contributed by atoms with van der Waals surface area (Å²) < 4.78 is 13.8. The average Bonchev–Trinajstić information content (AvgIpc) is 2.90. The van der Waals surface area contributed by atoms with E-state index in [2.05, 4.69) is 5.10 Å². The number of aromatic nitrogens is 2. The summed E-state index contributed by atoms with van der Waals surface area (Å²) in [6.45, 7) is 12.1. The number of rotatable bonds is 1. The normalized spacial score (nSPS) is 19.5. The molecule has 3 heterocycles. The maximum absolute atomic E-state index is 6.04. The van der Waals surface area contributed by atoms with Crippen molar-refractivity contribution < 1.29 is 9.31 Å². The zero-order chi connectivity index (χ0) is 15.8. The number of fused-ring (bicyclic) bond motifs is 1. The van der Waals surface area contributed by atoms with Gasteiger partial charge in [-0.25, -0.2) is 4.52 Å². The van der Waals surface area contributed by atoms with Gasteiger partial charge in [0.2, 0.25) is 0 Å². The Morgan fingerprint density at radius 2 is 1.71 bits per heavy atom. The van der Waals surface area contributed by atoms with Crippen LogP contribution in [0.3, 0.4) is 0 Å². The highest BCUT2D eigenvalue weighted by molar-refractivity contribution is 6.64. The fraction of sp³-hybridized carbons (Fsp3) is 0.533. The van der Waals surface area contributed by atoms with Crippen molar-refractivity contribution in [3.63, 3.8) is 0 Å². The van der Waals surface area contributed by atoms with Crippen LogP contribution in [0.15, 0.2) is 24.5 Å². The van der Waals surface area contributed by atoms with E-state index in [1.165, 1.54) is 0 Å². The smallest absolute Gasteiger partial charge is 0.399 e. The van der Waals surface area contributed by atoms with Gasteiger partial charge in [0.25, 0.3) is 0 Å². The molecule has 2 aromatic heterocycles. The molecule has 3 rings (SSSR count). The second kappa shape index (κ2) is 5.63. The van der Waals surface area contributed by atoms with Crippen LogP contribution in [0.25, 0.3) is 5.52 Å². The van der Waals surface area contributed by atoms with Crippen LogP contribution in [-0.2, 0) is 9.31 Å². The second-order valence-electron chi connectivity index (χ2n) is 5.86. The molecule has 114 valence electrons. The highest BCUT2D eigenvalue weighted by Crippen LogP contribution is 2.36. The van der Waals surface area contributed by atoms with Gasteiger partial charge < -0.3 is 9.31 Å². The van der Waals surface area contributed by atoms with E-state index in [0.717, 1.165) is 11.0 Å². The van der Waals surface area contributed by atoms with Gasteiger partial charge in [-0.3, -0.25) is 0 Å². The van der Waals surface area contributed by atoms with Gasteiger partial charge in [-0.1, -0.05) is 25.4 Å². The van der Waals surface area contributed by atoms with Crippen LogP contribution in [0, 0.1) is 0 Å². The lowest BCUT2D eigenvalue weighted by Gasteiger charge is -2.32. The van der Waals surface area contributed by atoms with Gasteiger partial charge in [-0.05, 0) is 39.8 Å². The molecule has 1 fully saturated rings. The summed E-state index contributed by atoms with van der Waals surface area (Å²) in [4.78, 5) is 0. The monoisotopic (exact) mass is 308 g/mol. The van der Waals surface area contributed by atoms with Crippen LogP contribution in [0.1, 0.15) is 41.5 Å². The van der Waals surface area contributed by atoms with Crippen molar-refractivity contribution in [2.75, 3.05) is 0 Å². The van der Waals surface area contributed by atoms with E-state index < -0.39 is 7.12 Å². The highest BCUT2D eigenvalue weighted by atomic mass is 35.5. The van der Waals surface area contributed by atoms with E-state index in [1.54, 1.807) is 16.8 Å². The van der Waals surface area contributed by atoms with E-state index in [9.17, 15) is 0 Å². The lowest BCUT2D eigenvalue weighted by atomic mass is 9.80. The SMILES string of the molecule is CC.CC1(C)OB(c2cnn3ccc(Cl)cc23)OC1(C)C. The predicted octanol–water partition coefficient (Wildman–Crippen LogP) is 3.31. The molecule has 6 heteroatoms. The molecule has 0 aromatic carbocycles. The third kappa shape index (κ3) is 2.82. The van der Waals surface area contributed by atoms with Crippen LogP contribution in [0.4, 0.5) is 0 Å². The summed E-state index contributed by atoms with van der Waals surface area (Å²) >= 11 is 6.04. The van der Waals surface area contributed by atoms with Gasteiger partial charge in [-0.15, -0.1) is 0 Å². The summed E-state index contributed by atoms with van der Waals surface area (Å²) in [6.07, 6.45) is 3.60. The van der Waals surface area contributed by atoms with Crippen molar-refractivity contribution in [2.45, 2.75) is 52.7 Å². The van der Waals surface area contributed by atoms with Gasteiger partial charge in [0.15, 0.2) is 0 Å². The topological polar surface area (TPSA) is 35.8 Å². The standard InChI is InChI=1S/C13H16BClN2O2.C2H6/c1-12(2)13(3,4)19-14(18-12)10-8-16-17-6-5-9(15)7-11(10)17;1-2/h5-8H,1-4H3;1-2H3. The summed E-state index contributed by atoms with van der Waals surface area (Å²) in [6, 6.07) is 3.67. The Balaban J connectivity index is 0.000000774. The summed E-state index contributed by atoms with van der Waals surface area (Å²) in [5.74, 6) is 0. The highest BCUT2D eigenvalue weighted by Gasteiger charge is 2.52. The molecule has 21 heavy (non-hydrogen) atoms. The molecule has 0 aliphatic carbocycles. The zero-order valence-corrected chi connectivity index (χ0v) is 14.2. The minimum Gasteiger partial charge on any atom is -0.399 e. The third-order valence-electron chi connectivity index (χ3n) is 4.02.